The molecule has 0 amide bonds. The minimum atomic E-state index is 0.000591. The Morgan fingerprint density at radius 1 is 0.842 bits per heavy atom. The fraction of sp³-hybridized carbons (Fsp3) is 0.286. The van der Waals surface area contributed by atoms with E-state index in [0.29, 0.717) is 5.92 Å². The fourth-order valence-electron chi connectivity index (χ4n) is 5.77. The summed E-state index contributed by atoms with van der Waals surface area (Å²) in [6.07, 6.45) is 2.78. The van der Waals surface area contributed by atoms with E-state index in [1.807, 2.05) is 12.3 Å². The Labute approximate surface area is 224 Å². The van der Waals surface area contributed by atoms with Gasteiger partial charge in [0.2, 0.25) is 0 Å². The molecule has 0 spiro atoms. The van der Waals surface area contributed by atoms with E-state index in [1.165, 1.54) is 21.9 Å². The lowest BCUT2D eigenvalue weighted by Crippen LogP contribution is -2.12. The highest BCUT2D eigenvalue weighted by Gasteiger charge is 2.24. The van der Waals surface area contributed by atoms with E-state index in [-0.39, 0.29) is 5.41 Å². The third-order valence-corrected chi connectivity index (χ3v) is 7.68. The average Bonchev–Trinajstić information content (AvgIpc) is 3.38. The number of aryl methyl sites for hydroxylation is 2. The van der Waals surface area contributed by atoms with Gasteiger partial charge in [0, 0.05) is 29.1 Å². The Morgan fingerprint density at radius 3 is 2.37 bits per heavy atom. The monoisotopic (exact) mass is 501 g/mol. The summed E-state index contributed by atoms with van der Waals surface area (Å²) in [6, 6.07) is 21.5. The Kier molecular flexibility index (Phi) is 5.72. The van der Waals surface area contributed by atoms with Crippen LogP contribution in [0.15, 0.2) is 75.7 Å². The van der Waals surface area contributed by atoms with E-state index in [4.69, 9.17) is 13.8 Å². The second-order valence-electron chi connectivity index (χ2n) is 12.0. The van der Waals surface area contributed by atoms with Gasteiger partial charge in [-0.25, -0.2) is 0 Å². The number of rotatable bonds is 4. The van der Waals surface area contributed by atoms with Crippen molar-refractivity contribution in [2.45, 2.75) is 60.3 Å². The second kappa shape index (κ2) is 8.87. The van der Waals surface area contributed by atoms with Crippen LogP contribution in [0.2, 0.25) is 0 Å². The van der Waals surface area contributed by atoms with Crippen molar-refractivity contribution in [1.82, 2.24) is 4.98 Å². The summed E-state index contributed by atoms with van der Waals surface area (Å²) in [5.41, 5.74) is 8.43. The van der Waals surface area contributed by atoms with Crippen molar-refractivity contribution >= 4 is 32.7 Å². The molecule has 3 heterocycles. The molecule has 6 rings (SSSR count). The third kappa shape index (κ3) is 3.93. The SMILES string of the molecule is Cc1c(CC(C)C)oc2c(-c3oc4ccnc(-c5cc(C(C)(C)C)c6ccccc6c5)c4c3C)cccc12. The largest absolute Gasteiger partial charge is 0.460 e. The van der Waals surface area contributed by atoms with Gasteiger partial charge in [0.15, 0.2) is 0 Å². The standard InChI is InChI=1S/C35H35NO2/c1-20(2)17-30-21(3)25-13-10-14-27(34(25)38-30)33-22(4)31-29(37-33)15-16-36-32(31)24-18-23-11-8-9-12-26(23)28(19-24)35(5,6)7/h8-16,18-20H,17H2,1-7H3. The maximum atomic E-state index is 6.57. The second-order valence-corrected chi connectivity index (χ2v) is 12.0. The molecule has 192 valence electrons. The summed E-state index contributed by atoms with van der Waals surface area (Å²) in [6.45, 7) is 15.6. The molecular formula is C35H35NO2. The molecule has 0 saturated heterocycles. The first-order valence-electron chi connectivity index (χ1n) is 13.6. The average molecular weight is 502 g/mol. The Bertz CT molecular complexity index is 1820. The van der Waals surface area contributed by atoms with Crippen LogP contribution in [0.5, 0.6) is 0 Å². The number of fused-ring (bicyclic) bond motifs is 3. The zero-order valence-corrected chi connectivity index (χ0v) is 23.4. The Morgan fingerprint density at radius 2 is 1.61 bits per heavy atom. The van der Waals surface area contributed by atoms with Gasteiger partial charge in [-0.1, -0.05) is 71.0 Å². The van der Waals surface area contributed by atoms with Crippen LogP contribution in [0.1, 0.15) is 57.1 Å². The molecule has 3 heteroatoms. The summed E-state index contributed by atoms with van der Waals surface area (Å²) in [4.78, 5) is 4.90. The van der Waals surface area contributed by atoms with E-state index < -0.39 is 0 Å². The summed E-state index contributed by atoms with van der Waals surface area (Å²) in [5, 5.41) is 4.72. The van der Waals surface area contributed by atoms with Gasteiger partial charge in [0.25, 0.3) is 0 Å². The molecule has 0 aliphatic heterocycles. The van der Waals surface area contributed by atoms with E-state index >= 15 is 0 Å². The molecule has 0 atom stereocenters. The Hall–Kier alpha value is -3.85. The lowest BCUT2D eigenvalue weighted by Gasteiger charge is -2.22. The maximum Gasteiger partial charge on any atom is 0.145 e. The molecule has 3 nitrogen and oxygen atoms in total. The molecule has 0 bridgehead atoms. The van der Waals surface area contributed by atoms with Gasteiger partial charge in [-0.15, -0.1) is 0 Å². The molecule has 0 aliphatic carbocycles. The zero-order valence-electron chi connectivity index (χ0n) is 23.4. The van der Waals surface area contributed by atoms with Crippen LogP contribution in [-0.4, -0.2) is 4.98 Å². The normalized spacial score (nSPS) is 12.4. The highest BCUT2D eigenvalue weighted by molar-refractivity contribution is 6.03. The highest BCUT2D eigenvalue weighted by atomic mass is 16.4. The number of nitrogens with zero attached hydrogens (tertiary/aromatic N) is 1. The molecule has 0 N–H and O–H groups in total. The number of aromatic nitrogens is 1. The zero-order chi connectivity index (χ0) is 26.8. The lowest BCUT2D eigenvalue weighted by atomic mass is 9.82. The number of furan rings is 2. The van der Waals surface area contributed by atoms with Crippen LogP contribution >= 0.6 is 0 Å². The van der Waals surface area contributed by atoms with Gasteiger partial charge in [0.1, 0.15) is 22.7 Å². The molecule has 3 aromatic carbocycles. The number of hydrogen-bond acceptors (Lipinski definition) is 3. The molecule has 3 aromatic heterocycles. The number of benzene rings is 3. The van der Waals surface area contributed by atoms with Crippen LogP contribution < -0.4 is 0 Å². The van der Waals surface area contributed by atoms with E-state index in [2.05, 4.69) is 103 Å². The first-order valence-corrected chi connectivity index (χ1v) is 13.6. The van der Waals surface area contributed by atoms with Crippen LogP contribution in [0.4, 0.5) is 0 Å². The maximum absolute atomic E-state index is 6.57. The van der Waals surface area contributed by atoms with Crippen molar-refractivity contribution in [2.75, 3.05) is 0 Å². The lowest BCUT2D eigenvalue weighted by molar-refractivity contribution is 0.496. The topological polar surface area (TPSA) is 39.2 Å². The summed E-state index contributed by atoms with van der Waals surface area (Å²) < 4.78 is 13.1. The van der Waals surface area contributed by atoms with Crippen LogP contribution in [0.3, 0.4) is 0 Å². The van der Waals surface area contributed by atoms with Crippen LogP contribution in [0.25, 0.3) is 55.3 Å². The van der Waals surface area contributed by atoms with Crippen molar-refractivity contribution in [3.63, 3.8) is 0 Å². The minimum absolute atomic E-state index is 0.000591. The predicted octanol–water partition coefficient (Wildman–Crippen LogP) is 10.2. The quantitative estimate of drug-likeness (QED) is 0.241. The van der Waals surface area contributed by atoms with Crippen LogP contribution in [-0.2, 0) is 11.8 Å². The third-order valence-electron chi connectivity index (χ3n) is 7.68. The first kappa shape index (κ1) is 24.5. The van der Waals surface area contributed by atoms with Gasteiger partial charge >= 0.3 is 0 Å². The summed E-state index contributed by atoms with van der Waals surface area (Å²) in [5.74, 6) is 2.44. The van der Waals surface area contributed by atoms with Gasteiger partial charge < -0.3 is 8.83 Å². The van der Waals surface area contributed by atoms with Crippen molar-refractivity contribution in [2.24, 2.45) is 5.92 Å². The van der Waals surface area contributed by atoms with Crippen molar-refractivity contribution in [1.29, 1.82) is 0 Å². The highest BCUT2D eigenvalue weighted by Crippen LogP contribution is 2.43. The van der Waals surface area contributed by atoms with E-state index in [1.54, 1.807) is 0 Å². The molecule has 0 aliphatic rings. The molecule has 38 heavy (non-hydrogen) atoms. The molecule has 0 unspecified atom stereocenters. The molecule has 6 aromatic rings. The van der Waals surface area contributed by atoms with Crippen LogP contribution in [0, 0.1) is 19.8 Å². The molecule has 0 radical (unpaired) electrons. The first-order chi connectivity index (χ1) is 18.1. The van der Waals surface area contributed by atoms with Gasteiger partial charge in [-0.05, 0) is 71.3 Å². The number of pyridine rings is 1. The van der Waals surface area contributed by atoms with Gasteiger partial charge in [0.05, 0.1) is 16.6 Å². The predicted molar refractivity (Wildman–Crippen MR) is 159 cm³/mol. The van der Waals surface area contributed by atoms with Gasteiger partial charge in [-0.2, -0.15) is 0 Å². The van der Waals surface area contributed by atoms with Crippen molar-refractivity contribution in [3.8, 4) is 22.6 Å². The molecular weight excluding hydrogens is 466 g/mol. The van der Waals surface area contributed by atoms with Crippen molar-refractivity contribution < 1.29 is 8.83 Å². The number of para-hydroxylation sites is 1. The van der Waals surface area contributed by atoms with Crippen molar-refractivity contribution in [3.05, 3.63) is 89.3 Å². The van der Waals surface area contributed by atoms with E-state index in [0.717, 1.165) is 62.3 Å². The van der Waals surface area contributed by atoms with E-state index in [9.17, 15) is 0 Å². The number of hydrogen-bond donors (Lipinski definition) is 0. The van der Waals surface area contributed by atoms with Gasteiger partial charge in [-0.3, -0.25) is 4.98 Å². The molecule has 0 fully saturated rings. The summed E-state index contributed by atoms with van der Waals surface area (Å²) >= 11 is 0. The smallest absolute Gasteiger partial charge is 0.145 e. The Balaban J connectivity index is 1.59. The minimum Gasteiger partial charge on any atom is -0.460 e. The molecule has 0 saturated carbocycles. The summed E-state index contributed by atoms with van der Waals surface area (Å²) in [7, 11) is 0. The fourth-order valence-corrected chi connectivity index (χ4v) is 5.77.